The molecule has 1 aliphatic rings. The fourth-order valence-electron chi connectivity index (χ4n) is 4.16. The smallest absolute Gasteiger partial charge is 0.122 e. The van der Waals surface area contributed by atoms with Gasteiger partial charge in [-0.3, -0.25) is 0 Å². The van der Waals surface area contributed by atoms with Gasteiger partial charge in [0.2, 0.25) is 0 Å². The molecule has 0 bridgehead atoms. The Hall–Kier alpha value is -2.75. The molecule has 0 fully saturated rings. The molecule has 0 amide bonds. The van der Waals surface area contributed by atoms with Crippen LogP contribution < -0.4 is 9.47 Å². The van der Waals surface area contributed by atoms with Crippen LogP contribution in [0.1, 0.15) is 35.7 Å². The first kappa shape index (κ1) is 17.7. The molecule has 0 aliphatic carbocycles. The molecule has 27 heavy (non-hydrogen) atoms. The van der Waals surface area contributed by atoms with Gasteiger partial charge in [0.25, 0.3) is 0 Å². The molecule has 1 aliphatic heterocycles. The van der Waals surface area contributed by atoms with E-state index in [2.05, 4.69) is 52.0 Å². The number of ether oxygens (including phenoxy) is 2. The molecule has 4 heteroatoms. The van der Waals surface area contributed by atoms with E-state index in [1.807, 2.05) is 18.6 Å². The number of nitrogens with zero attached hydrogens (tertiary/aromatic N) is 2. The molecule has 1 aromatic heterocycles. The monoisotopic (exact) mass is 362 g/mol. The van der Waals surface area contributed by atoms with E-state index in [-0.39, 0.29) is 6.04 Å². The van der Waals surface area contributed by atoms with Crippen molar-refractivity contribution >= 4 is 0 Å². The molecule has 0 saturated carbocycles. The minimum Gasteiger partial charge on any atom is -0.497 e. The van der Waals surface area contributed by atoms with Gasteiger partial charge in [-0.15, -0.1) is 0 Å². The van der Waals surface area contributed by atoms with Gasteiger partial charge in [-0.1, -0.05) is 30.3 Å². The SMILES string of the molecule is COc1cc(OC)cc(C2CC(Cc3ccccc3)CCc3cncn32)c1. The molecule has 0 saturated heterocycles. The van der Waals surface area contributed by atoms with Crippen LogP contribution in [0.25, 0.3) is 0 Å². The second-order valence-corrected chi connectivity index (χ2v) is 7.28. The van der Waals surface area contributed by atoms with Crippen molar-refractivity contribution in [2.24, 2.45) is 5.92 Å². The van der Waals surface area contributed by atoms with Crippen molar-refractivity contribution in [3.8, 4) is 11.5 Å². The fraction of sp³-hybridized carbons (Fsp3) is 0.348. The molecule has 4 rings (SSSR count). The Morgan fingerprint density at radius 2 is 1.78 bits per heavy atom. The molecule has 3 aromatic rings. The predicted molar refractivity (Wildman–Crippen MR) is 106 cm³/mol. The second kappa shape index (κ2) is 7.87. The topological polar surface area (TPSA) is 36.3 Å². The van der Waals surface area contributed by atoms with E-state index < -0.39 is 0 Å². The minimum atomic E-state index is 0.239. The molecule has 140 valence electrons. The maximum absolute atomic E-state index is 5.51. The van der Waals surface area contributed by atoms with Gasteiger partial charge in [0.1, 0.15) is 11.5 Å². The van der Waals surface area contributed by atoms with Crippen molar-refractivity contribution in [3.63, 3.8) is 0 Å². The maximum atomic E-state index is 5.51. The van der Waals surface area contributed by atoms with Crippen LogP contribution >= 0.6 is 0 Å². The summed E-state index contributed by atoms with van der Waals surface area (Å²) in [5, 5.41) is 0. The maximum Gasteiger partial charge on any atom is 0.122 e. The second-order valence-electron chi connectivity index (χ2n) is 7.28. The summed E-state index contributed by atoms with van der Waals surface area (Å²) in [5.41, 5.74) is 3.93. The van der Waals surface area contributed by atoms with Crippen molar-refractivity contribution < 1.29 is 9.47 Å². The number of rotatable bonds is 5. The molecule has 2 atom stereocenters. The molecule has 0 radical (unpaired) electrons. The Morgan fingerprint density at radius 1 is 1.04 bits per heavy atom. The molecule has 0 spiro atoms. The van der Waals surface area contributed by atoms with E-state index in [1.165, 1.54) is 23.2 Å². The van der Waals surface area contributed by atoms with Crippen LogP contribution in [0.3, 0.4) is 0 Å². The van der Waals surface area contributed by atoms with E-state index in [9.17, 15) is 0 Å². The largest absolute Gasteiger partial charge is 0.497 e. The molecule has 2 heterocycles. The Labute approximate surface area is 160 Å². The third-order valence-corrected chi connectivity index (χ3v) is 5.57. The van der Waals surface area contributed by atoms with Gasteiger partial charge >= 0.3 is 0 Å². The highest BCUT2D eigenvalue weighted by Crippen LogP contribution is 2.37. The van der Waals surface area contributed by atoms with Gasteiger partial charge in [0.05, 0.1) is 26.6 Å². The standard InChI is InChI=1S/C23H26N2O2/c1-26-21-12-19(13-22(14-21)27-2)23-11-18(10-17-6-4-3-5-7-17)8-9-20-15-24-16-25(20)23/h3-7,12-16,18,23H,8-11H2,1-2H3. The first-order valence-electron chi connectivity index (χ1n) is 9.54. The first-order valence-corrected chi connectivity index (χ1v) is 9.54. The molecule has 2 aromatic carbocycles. The summed E-state index contributed by atoms with van der Waals surface area (Å²) < 4.78 is 13.3. The van der Waals surface area contributed by atoms with E-state index in [4.69, 9.17) is 9.47 Å². The fourth-order valence-corrected chi connectivity index (χ4v) is 4.16. The minimum absolute atomic E-state index is 0.239. The lowest BCUT2D eigenvalue weighted by atomic mass is 9.88. The van der Waals surface area contributed by atoms with Gasteiger partial charge in [-0.25, -0.2) is 4.98 Å². The van der Waals surface area contributed by atoms with E-state index in [0.717, 1.165) is 30.8 Å². The van der Waals surface area contributed by atoms with E-state index in [1.54, 1.807) is 14.2 Å². The Kier molecular flexibility index (Phi) is 5.14. The van der Waals surface area contributed by atoms with E-state index in [0.29, 0.717) is 5.92 Å². The number of benzene rings is 2. The lowest BCUT2D eigenvalue weighted by Crippen LogP contribution is -2.14. The van der Waals surface area contributed by atoms with E-state index >= 15 is 0 Å². The molecular formula is C23H26N2O2. The number of imidazole rings is 1. The zero-order valence-corrected chi connectivity index (χ0v) is 16.0. The summed E-state index contributed by atoms with van der Waals surface area (Å²) in [6.45, 7) is 0. The summed E-state index contributed by atoms with van der Waals surface area (Å²) in [6, 6.07) is 17.2. The van der Waals surface area contributed by atoms with Crippen molar-refractivity contribution in [1.82, 2.24) is 9.55 Å². The number of hydrogen-bond acceptors (Lipinski definition) is 3. The van der Waals surface area contributed by atoms with Crippen molar-refractivity contribution in [3.05, 3.63) is 77.9 Å². The van der Waals surface area contributed by atoms with Crippen LogP contribution in [-0.2, 0) is 12.8 Å². The summed E-state index contributed by atoms with van der Waals surface area (Å²) in [5.74, 6) is 2.28. The van der Waals surface area contributed by atoms with Crippen LogP contribution in [0, 0.1) is 5.92 Å². The zero-order chi connectivity index (χ0) is 18.6. The quantitative estimate of drug-likeness (QED) is 0.661. The summed E-state index contributed by atoms with van der Waals surface area (Å²) in [4.78, 5) is 4.42. The lowest BCUT2D eigenvalue weighted by molar-refractivity contribution is 0.383. The summed E-state index contributed by atoms with van der Waals surface area (Å²) in [7, 11) is 3.40. The number of methoxy groups -OCH3 is 2. The van der Waals surface area contributed by atoms with Gasteiger partial charge in [0, 0.05) is 18.0 Å². The van der Waals surface area contributed by atoms with Gasteiger partial charge in [-0.2, -0.15) is 0 Å². The zero-order valence-electron chi connectivity index (χ0n) is 16.0. The number of aryl methyl sites for hydroxylation is 1. The highest BCUT2D eigenvalue weighted by atomic mass is 16.5. The predicted octanol–water partition coefficient (Wildman–Crippen LogP) is 4.68. The van der Waals surface area contributed by atoms with Crippen LogP contribution in [0.2, 0.25) is 0 Å². The molecule has 4 nitrogen and oxygen atoms in total. The average molecular weight is 362 g/mol. The van der Waals surface area contributed by atoms with Gasteiger partial charge in [0.15, 0.2) is 0 Å². The Balaban J connectivity index is 1.68. The van der Waals surface area contributed by atoms with Crippen LogP contribution in [0.15, 0.2) is 61.1 Å². The third kappa shape index (κ3) is 3.85. The van der Waals surface area contributed by atoms with Crippen molar-refractivity contribution in [2.75, 3.05) is 14.2 Å². The molecule has 2 unspecified atom stereocenters. The number of hydrogen-bond donors (Lipinski definition) is 0. The molecular weight excluding hydrogens is 336 g/mol. The highest BCUT2D eigenvalue weighted by molar-refractivity contribution is 5.40. The Bertz CT molecular complexity index is 866. The normalized spacial score (nSPS) is 19.2. The average Bonchev–Trinajstić information content (AvgIpc) is 3.11. The summed E-state index contributed by atoms with van der Waals surface area (Å²) >= 11 is 0. The number of aromatic nitrogens is 2. The highest BCUT2D eigenvalue weighted by Gasteiger charge is 2.26. The number of fused-ring (bicyclic) bond motifs is 1. The lowest BCUT2D eigenvalue weighted by Gasteiger charge is -2.24. The Morgan fingerprint density at radius 3 is 2.48 bits per heavy atom. The van der Waals surface area contributed by atoms with Crippen LogP contribution in [0.5, 0.6) is 11.5 Å². The first-order chi connectivity index (χ1) is 13.3. The third-order valence-electron chi connectivity index (χ3n) is 5.57. The van der Waals surface area contributed by atoms with Gasteiger partial charge in [-0.05, 0) is 54.9 Å². The van der Waals surface area contributed by atoms with Crippen LogP contribution in [-0.4, -0.2) is 23.8 Å². The van der Waals surface area contributed by atoms with Crippen molar-refractivity contribution in [2.45, 2.75) is 31.7 Å². The van der Waals surface area contributed by atoms with Crippen LogP contribution in [0.4, 0.5) is 0 Å². The summed E-state index contributed by atoms with van der Waals surface area (Å²) in [6.07, 6.45) is 8.41. The van der Waals surface area contributed by atoms with Gasteiger partial charge < -0.3 is 14.0 Å². The molecule has 0 N–H and O–H groups in total. The van der Waals surface area contributed by atoms with Crippen molar-refractivity contribution in [1.29, 1.82) is 0 Å².